The van der Waals surface area contributed by atoms with E-state index in [1.54, 1.807) is 25.3 Å². The summed E-state index contributed by atoms with van der Waals surface area (Å²) in [6, 6.07) is 22.2. The van der Waals surface area contributed by atoms with Gasteiger partial charge in [0, 0.05) is 5.56 Å². The Balaban J connectivity index is 1.93. The van der Waals surface area contributed by atoms with E-state index >= 15 is 0 Å². The molecular formula is C23H24O5. The lowest BCUT2D eigenvalue weighted by Crippen LogP contribution is -2.27. The summed E-state index contributed by atoms with van der Waals surface area (Å²) in [6.45, 7) is 1.93. The summed E-state index contributed by atoms with van der Waals surface area (Å²) in [5, 5.41) is 9.93. The molecule has 5 heteroatoms. The Labute approximate surface area is 165 Å². The third kappa shape index (κ3) is 4.49. The van der Waals surface area contributed by atoms with Crippen LogP contribution in [0, 0.1) is 0 Å². The minimum atomic E-state index is -0.443. The Morgan fingerprint density at radius 3 is 2.04 bits per heavy atom. The molecule has 0 heterocycles. The molecule has 0 radical (unpaired) electrons. The van der Waals surface area contributed by atoms with Crippen LogP contribution in [0.3, 0.4) is 0 Å². The van der Waals surface area contributed by atoms with Gasteiger partial charge in [-0.25, -0.2) is 0 Å². The first-order valence-electron chi connectivity index (χ1n) is 9.00. The van der Waals surface area contributed by atoms with Crippen molar-refractivity contribution in [2.45, 2.75) is 19.1 Å². The number of benzene rings is 3. The lowest BCUT2D eigenvalue weighted by molar-refractivity contribution is 0.0630. The molecule has 2 atom stereocenters. The lowest BCUT2D eigenvalue weighted by atomic mass is 10.0. The van der Waals surface area contributed by atoms with Gasteiger partial charge in [-0.2, -0.15) is 0 Å². The van der Waals surface area contributed by atoms with Gasteiger partial charge in [0.25, 0.3) is 0 Å². The fourth-order valence-corrected chi connectivity index (χ4v) is 2.93. The van der Waals surface area contributed by atoms with E-state index in [1.165, 1.54) is 7.11 Å². The van der Waals surface area contributed by atoms with Crippen LogP contribution >= 0.6 is 0 Å². The van der Waals surface area contributed by atoms with Crippen molar-refractivity contribution >= 4 is 0 Å². The molecule has 0 aliphatic heterocycles. The van der Waals surface area contributed by atoms with Gasteiger partial charge in [0.2, 0.25) is 0 Å². The Bertz CT molecular complexity index is 895. The molecule has 0 saturated heterocycles. The number of ether oxygens (including phenoxy) is 4. The zero-order chi connectivity index (χ0) is 19.9. The lowest BCUT2D eigenvalue weighted by Gasteiger charge is -2.27. The highest BCUT2D eigenvalue weighted by Gasteiger charge is 2.25. The van der Waals surface area contributed by atoms with Gasteiger partial charge in [-0.1, -0.05) is 36.4 Å². The zero-order valence-electron chi connectivity index (χ0n) is 16.2. The van der Waals surface area contributed by atoms with Gasteiger partial charge in [-0.15, -0.1) is 0 Å². The Morgan fingerprint density at radius 1 is 0.714 bits per heavy atom. The maximum Gasteiger partial charge on any atom is 0.161 e. The smallest absolute Gasteiger partial charge is 0.161 e. The van der Waals surface area contributed by atoms with Crippen molar-refractivity contribution < 1.29 is 24.1 Å². The number of methoxy groups -OCH3 is 2. The summed E-state index contributed by atoms with van der Waals surface area (Å²) in [6.07, 6.45) is -0.799. The predicted octanol–water partition coefficient (Wildman–Crippen LogP) is 5.00. The molecule has 5 nitrogen and oxygen atoms in total. The van der Waals surface area contributed by atoms with Gasteiger partial charge in [0.15, 0.2) is 29.1 Å². The average Bonchev–Trinajstić information content (AvgIpc) is 2.73. The largest absolute Gasteiger partial charge is 0.504 e. The van der Waals surface area contributed by atoms with Crippen molar-refractivity contribution in [2.75, 3.05) is 14.2 Å². The van der Waals surface area contributed by atoms with Crippen molar-refractivity contribution in [3.8, 4) is 28.7 Å². The van der Waals surface area contributed by atoms with E-state index in [-0.39, 0.29) is 11.9 Å². The van der Waals surface area contributed by atoms with Crippen LogP contribution in [0.2, 0.25) is 0 Å². The molecule has 3 aromatic carbocycles. The van der Waals surface area contributed by atoms with Crippen LogP contribution in [0.15, 0.2) is 72.8 Å². The van der Waals surface area contributed by atoms with Gasteiger partial charge < -0.3 is 24.1 Å². The van der Waals surface area contributed by atoms with Crippen LogP contribution in [0.4, 0.5) is 0 Å². The highest BCUT2D eigenvalue weighted by molar-refractivity contribution is 5.43. The summed E-state index contributed by atoms with van der Waals surface area (Å²) < 4.78 is 23.1. The Hall–Kier alpha value is -3.34. The number of phenolic OH excluding ortho intramolecular Hbond substituents is 1. The van der Waals surface area contributed by atoms with Crippen LogP contribution in [-0.2, 0) is 0 Å². The summed E-state index contributed by atoms with van der Waals surface area (Å²) in [7, 11) is 3.12. The molecule has 0 spiro atoms. The molecule has 0 aliphatic carbocycles. The van der Waals surface area contributed by atoms with Gasteiger partial charge in [-0.05, 0) is 43.3 Å². The molecule has 0 fully saturated rings. The molecule has 3 rings (SSSR count). The second kappa shape index (κ2) is 9.04. The summed E-state index contributed by atoms with van der Waals surface area (Å²) >= 11 is 0. The first-order chi connectivity index (χ1) is 13.6. The van der Waals surface area contributed by atoms with E-state index in [0.717, 1.165) is 11.3 Å². The van der Waals surface area contributed by atoms with Crippen molar-refractivity contribution in [3.05, 3.63) is 78.4 Å². The summed E-state index contributed by atoms with van der Waals surface area (Å²) in [4.78, 5) is 0. The van der Waals surface area contributed by atoms with Gasteiger partial charge in [0.05, 0.1) is 14.2 Å². The van der Waals surface area contributed by atoms with Gasteiger partial charge >= 0.3 is 0 Å². The maximum absolute atomic E-state index is 9.93. The monoisotopic (exact) mass is 380 g/mol. The van der Waals surface area contributed by atoms with Crippen molar-refractivity contribution in [1.82, 2.24) is 0 Å². The third-order valence-corrected chi connectivity index (χ3v) is 4.35. The molecule has 3 aromatic rings. The quantitative estimate of drug-likeness (QED) is 0.596. The van der Waals surface area contributed by atoms with Crippen molar-refractivity contribution in [1.29, 1.82) is 0 Å². The molecule has 0 saturated carbocycles. The van der Waals surface area contributed by atoms with Gasteiger partial charge in [0.1, 0.15) is 11.9 Å². The van der Waals surface area contributed by atoms with Crippen molar-refractivity contribution in [2.24, 2.45) is 0 Å². The second-order valence-corrected chi connectivity index (χ2v) is 6.26. The van der Waals surface area contributed by atoms with E-state index in [0.29, 0.717) is 17.2 Å². The standard InChI is InChI=1S/C23H24O5/c1-16(27-21-12-8-7-11-20(21)25-2)23(28-18-9-5-4-6-10-18)17-13-14-19(24)22(15-17)26-3/h4-16,23-24H,1-3H3. The molecule has 0 aliphatic rings. The van der Waals surface area contributed by atoms with Crippen LogP contribution in [0.25, 0.3) is 0 Å². The molecule has 0 bridgehead atoms. The number of phenols is 1. The Kier molecular flexibility index (Phi) is 6.27. The topological polar surface area (TPSA) is 57.2 Å². The minimum Gasteiger partial charge on any atom is -0.504 e. The molecular weight excluding hydrogens is 356 g/mol. The molecule has 1 N–H and O–H groups in total. The van der Waals surface area contributed by atoms with Crippen LogP contribution in [0.5, 0.6) is 28.7 Å². The summed E-state index contributed by atoms with van der Waals surface area (Å²) in [5.74, 6) is 2.45. The number of hydrogen-bond acceptors (Lipinski definition) is 5. The number of rotatable bonds is 8. The van der Waals surface area contributed by atoms with E-state index in [1.807, 2.05) is 61.5 Å². The second-order valence-electron chi connectivity index (χ2n) is 6.26. The fraction of sp³-hybridized carbons (Fsp3) is 0.217. The molecule has 2 unspecified atom stereocenters. The third-order valence-electron chi connectivity index (χ3n) is 4.35. The zero-order valence-corrected chi connectivity index (χ0v) is 16.2. The fourth-order valence-electron chi connectivity index (χ4n) is 2.93. The SMILES string of the molecule is COc1cc(C(Oc2ccccc2)C(C)Oc2ccccc2OC)ccc1O. The molecule has 146 valence electrons. The van der Waals surface area contributed by atoms with E-state index in [9.17, 15) is 5.11 Å². The van der Waals surface area contributed by atoms with Crippen LogP contribution in [0.1, 0.15) is 18.6 Å². The average molecular weight is 380 g/mol. The number of hydrogen-bond donors (Lipinski definition) is 1. The van der Waals surface area contributed by atoms with E-state index in [4.69, 9.17) is 18.9 Å². The summed E-state index contributed by atoms with van der Waals surface area (Å²) in [5.41, 5.74) is 0.820. The highest BCUT2D eigenvalue weighted by Crippen LogP contribution is 2.35. The first-order valence-corrected chi connectivity index (χ1v) is 9.00. The van der Waals surface area contributed by atoms with Crippen LogP contribution < -0.4 is 18.9 Å². The first kappa shape index (κ1) is 19.4. The highest BCUT2D eigenvalue weighted by atomic mass is 16.6. The number of aromatic hydroxyl groups is 1. The van der Waals surface area contributed by atoms with Gasteiger partial charge in [-0.3, -0.25) is 0 Å². The van der Waals surface area contributed by atoms with Crippen LogP contribution in [-0.4, -0.2) is 25.4 Å². The van der Waals surface area contributed by atoms with E-state index < -0.39 is 6.10 Å². The maximum atomic E-state index is 9.93. The normalized spacial score (nSPS) is 12.7. The molecule has 0 amide bonds. The Morgan fingerprint density at radius 2 is 1.36 bits per heavy atom. The van der Waals surface area contributed by atoms with E-state index in [2.05, 4.69) is 0 Å². The number of para-hydroxylation sites is 3. The minimum absolute atomic E-state index is 0.0722. The molecule has 28 heavy (non-hydrogen) atoms. The van der Waals surface area contributed by atoms with Crippen molar-refractivity contribution in [3.63, 3.8) is 0 Å². The molecule has 0 aromatic heterocycles. The predicted molar refractivity (Wildman–Crippen MR) is 108 cm³/mol.